The predicted molar refractivity (Wildman–Crippen MR) is 74.9 cm³/mol. The second-order valence-corrected chi connectivity index (χ2v) is 4.58. The zero-order valence-corrected chi connectivity index (χ0v) is 11.4. The van der Waals surface area contributed by atoms with Crippen LogP contribution in [0.2, 0.25) is 5.02 Å². The van der Waals surface area contributed by atoms with Crippen LogP contribution >= 0.6 is 11.6 Å². The van der Waals surface area contributed by atoms with E-state index in [4.69, 9.17) is 16.3 Å². The van der Waals surface area contributed by atoms with Gasteiger partial charge in [-0.3, -0.25) is 0 Å². The SMILES string of the molecule is CNCc1ccc(F)c(COc2ccccc2Cl)c1. The highest BCUT2D eigenvalue weighted by Gasteiger charge is 2.06. The Hall–Kier alpha value is -1.58. The van der Waals surface area contributed by atoms with Crippen LogP contribution in [0.1, 0.15) is 11.1 Å². The summed E-state index contributed by atoms with van der Waals surface area (Å²) in [5.74, 6) is 0.287. The van der Waals surface area contributed by atoms with Crippen LogP contribution in [0.15, 0.2) is 42.5 Å². The van der Waals surface area contributed by atoms with Crippen molar-refractivity contribution in [1.82, 2.24) is 5.32 Å². The summed E-state index contributed by atoms with van der Waals surface area (Å²) in [5.41, 5.74) is 1.54. The van der Waals surface area contributed by atoms with Gasteiger partial charge in [-0.15, -0.1) is 0 Å². The normalized spacial score (nSPS) is 10.5. The molecule has 2 nitrogen and oxygen atoms in total. The fraction of sp³-hybridized carbons (Fsp3) is 0.200. The Labute approximate surface area is 117 Å². The molecule has 1 N–H and O–H groups in total. The molecular weight excluding hydrogens is 265 g/mol. The molecule has 2 aromatic rings. The van der Waals surface area contributed by atoms with E-state index in [1.165, 1.54) is 6.07 Å². The number of benzene rings is 2. The minimum atomic E-state index is -0.271. The maximum absolute atomic E-state index is 13.7. The molecule has 0 spiro atoms. The van der Waals surface area contributed by atoms with Crippen LogP contribution in [0, 0.1) is 5.82 Å². The molecule has 0 atom stereocenters. The van der Waals surface area contributed by atoms with Crippen molar-refractivity contribution < 1.29 is 9.13 Å². The lowest BCUT2D eigenvalue weighted by molar-refractivity contribution is 0.300. The summed E-state index contributed by atoms with van der Waals surface area (Å²) in [6.45, 7) is 0.854. The van der Waals surface area contributed by atoms with Crippen LogP contribution < -0.4 is 10.1 Å². The van der Waals surface area contributed by atoms with Gasteiger partial charge in [0.15, 0.2) is 0 Å². The van der Waals surface area contributed by atoms with Crippen molar-refractivity contribution in [2.24, 2.45) is 0 Å². The second kappa shape index (κ2) is 6.55. The van der Waals surface area contributed by atoms with E-state index in [-0.39, 0.29) is 12.4 Å². The van der Waals surface area contributed by atoms with Crippen LogP contribution in [0.3, 0.4) is 0 Å². The minimum absolute atomic E-state index is 0.160. The van der Waals surface area contributed by atoms with Crippen LogP contribution in [0.25, 0.3) is 0 Å². The molecule has 0 amide bonds. The molecule has 0 heterocycles. The number of hydrogen-bond acceptors (Lipinski definition) is 2. The molecule has 0 radical (unpaired) electrons. The number of nitrogens with one attached hydrogen (secondary N) is 1. The fourth-order valence-corrected chi connectivity index (χ4v) is 1.96. The Morgan fingerprint density at radius 2 is 2.00 bits per heavy atom. The van der Waals surface area contributed by atoms with E-state index >= 15 is 0 Å². The Kier molecular flexibility index (Phi) is 4.77. The average Bonchev–Trinajstić information content (AvgIpc) is 2.41. The van der Waals surface area contributed by atoms with Crippen molar-refractivity contribution in [1.29, 1.82) is 0 Å². The van der Waals surface area contributed by atoms with Crippen molar-refractivity contribution in [3.05, 3.63) is 64.4 Å². The number of rotatable bonds is 5. The minimum Gasteiger partial charge on any atom is -0.487 e. The van der Waals surface area contributed by atoms with E-state index < -0.39 is 0 Å². The zero-order chi connectivity index (χ0) is 13.7. The first-order valence-electron chi connectivity index (χ1n) is 6.00. The van der Waals surface area contributed by atoms with Gasteiger partial charge in [-0.05, 0) is 36.9 Å². The van der Waals surface area contributed by atoms with E-state index in [0.29, 0.717) is 22.9 Å². The summed E-state index contributed by atoms with van der Waals surface area (Å²) in [7, 11) is 1.85. The summed E-state index contributed by atoms with van der Waals surface area (Å²) < 4.78 is 19.2. The molecule has 0 aliphatic heterocycles. The molecule has 2 rings (SSSR count). The summed E-state index contributed by atoms with van der Waals surface area (Å²) in [5, 5.41) is 3.55. The summed E-state index contributed by atoms with van der Waals surface area (Å²) >= 11 is 5.98. The van der Waals surface area contributed by atoms with Crippen molar-refractivity contribution in [3.63, 3.8) is 0 Å². The van der Waals surface area contributed by atoms with E-state index in [2.05, 4.69) is 5.32 Å². The Morgan fingerprint density at radius 3 is 2.74 bits per heavy atom. The predicted octanol–water partition coefficient (Wildman–Crippen LogP) is 3.78. The largest absolute Gasteiger partial charge is 0.487 e. The smallest absolute Gasteiger partial charge is 0.138 e. The molecule has 0 saturated heterocycles. The van der Waals surface area contributed by atoms with Gasteiger partial charge in [0, 0.05) is 12.1 Å². The number of ether oxygens (including phenoxy) is 1. The second-order valence-electron chi connectivity index (χ2n) is 4.18. The summed E-state index contributed by atoms with van der Waals surface area (Å²) in [6.07, 6.45) is 0. The maximum atomic E-state index is 13.7. The molecule has 4 heteroatoms. The van der Waals surface area contributed by atoms with Gasteiger partial charge in [-0.1, -0.05) is 29.8 Å². The van der Waals surface area contributed by atoms with Gasteiger partial charge >= 0.3 is 0 Å². The van der Waals surface area contributed by atoms with E-state index in [1.807, 2.05) is 19.2 Å². The Bertz CT molecular complexity index is 560. The Balaban J connectivity index is 2.10. The number of hydrogen-bond donors (Lipinski definition) is 1. The molecular formula is C15H15ClFNO. The molecule has 0 fully saturated rings. The third kappa shape index (κ3) is 3.69. The number of halogens is 2. The molecule has 0 unspecified atom stereocenters. The van der Waals surface area contributed by atoms with Gasteiger partial charge in [0.1, 0.15) is 18.2 Å². The summed E-state index contributed by atoms with van der Waals surface area (Å²) in [6, 6.07) is 12.2. The van der Waals surface area contributed by atoms with Gasteiger partial charge in [-0.2, -0.15) is 0 Å². The zero-order valence-electron chi connectivity index (χ0n) is 10.6. The highest BCUT2D eigenvalue weighted by molar-refractivity contribution is 6.32. The van der Waals surface area contributed by atoms with E-state index in [0.717, 1.165) is 5.56 Å². The quantitative estimate of drug-likeness (QED) is 0.899. The monoisotopic (exact) mass is 279 g/mol. The first-order chi connectivity index (χ1) is 9.20. The first-order valence-corrected chi connectivity index (χ1v) is 6.37. The third-order valence-corrected chi connectivity index (χ3v) is 3.02. The van der Waals surface area contributed by atoms with Crippen LogP contribution in [-0.4, -0.2) is 7.05 Å². The van der Waals surface area contributed by atoms with Crippen molar-refractivity contribution in [2.75, 3.05) is 7.05 Å². The molecule has 0 saturated carbocycles. The molecule has 0 bridgehead atoms. The third-order valence-electron chi connectivity index (χ3n) is 2.71. The summed E-state index contributed by atoms with van der Waals surface area (Å²) in [4.78, 5) is 0. The van der Waals surface area contributed by atoms with Gasteiger partial charge in [0.25, 0.3) is 0 Å². The topological polar surface area (TPSA) is 21.3 Å². The van der Waals surface area contributed by atoms with Gasteiger partial charge < -0.3 is 10.1 Å². The van der Waals surface area contributed by atoms with E-state index in [1.54, 1.807) is 24.3 Å². The molecule has 100 valence electrons. The van der Waals surface area contributed by atoms with Crippen molar-refractivity contribution in [2.45, 2.75) is 13.2 Å². The highest BCUT2D eigenvalue weighted by atomic mass is 35.5. The molecule has 0 aromatic heterocycles. The molecule has 19 heavy (non-hydrogen) atoms. The first kappa shape index (κ1) is 13.8. The maximum Gasteiger partial charge on any atom is 0.138 e. The van der Waals surface area contributed by atoms with Crippen LogP contribution in [0.4, 0.5) is 4.39 Å². The van der Waals surface area contributed by atoms with Crippen molar-refractivity contribution in [3.8, 4) is 5.75 Å². The van der Waals surface area contributed by atoms with E-state index in [9.17, 15) is 4.39 Å². The van der Waals surface area contributed by atoms with Crippen LogP contribution in [-0.2, 0) is 13.2 Å². The molecule has 2 aromatic carbocycles. The van der Waals surface area contributed by atoms with Crippen molar-refractivity contribution >= 4 is 11.6 Å². The van der Waals surface area contributed by atoms with Gasteiger partial charge in [-0.25, -0.2) is 4.39 Å². The van der Waals surface area contributed by atoms with Gasteiger partial charge in [0.2, 0.25) is 0 Å². The molecule has 0 aliphatic rings. The lowest BCUT2D eigenvalue weighted by atomic mass is 10.1. The lowest BCUT2D eigenvalue weighted by Crippen LogP contribution is -2.07. The van der Waals surface area contributed by atoms with Gasteiger partial charge in [0.05, 0.1) is 5.02 Å². The van der Waals surface area contributed by atoms with Crippen LogP contribution in [0.5, 0.6) is 5.75 Å². The highest BCUT2D eigenvalue weighted by Crippen LogP contribution is 2.24. The fourth-order valence-electron chi connectivity index (χ4n) is 1.77. The lowest BCUT2D eigenvalue weighted by Gasteiger charge is -2.10. The standard InChI is InChI=1S/C15H15ClFNO/c1-18-9-11-6-7-14(17)12(8-11)10-19-15-5-3-2-4-13(15)16/h2-8,18H,9-10H2,1H3. The molecule has 0 aliphatic carbocycles. The Morgan fingerprint density at radius 1 is 1.21 bits per heavy atom. The number of para-hydroxylation sites is 1. The average molecular weight is 280 g/mol.